The number of hydrogen-bond donors (Lipinski definition) is 0. The molecule has 0 saturated carbocycles. The Morgan fingerprint density at radius 1 is 1.47 bits per heavy atom. The van der Waals surface area contributed by atoms with Crippen LogP contribution in [-0.2, 0) is 4.74 Å². The van der Waals surface area contributed by atoms with Crippen LogP contribution in [0.5, 0.6) is 0 Å². The molecule has 1 atom stereocenters. The lowest BCUT2D eigenvalue weighted by molar-refractivity contribution is 0.112. The van der Waals surface area contributed by atoms with E-state index in [0.717, 1.165) is 29.6 Å². The van der Waals surface area contributed by atoms with Crippen molar-refractivity contribution in [3.8, 4) is 0 Å². The number of benzene rings is 1. The highest BCUT2D eigenvalue weighted by Crippen LogP contribution is 2.20. The molecule has 0 bridgehead atoms. The van der Waals surface area contributed by atoms with Gasteiger partial charge in [0, 0.05) is 30.9 Å². The highest BCUT2D eigenvalue weighted by Gasteiger charge is 2.13. The fourth-order valence-corrected chi connectivity index (χ4v) is 2.05. The SMILES string of the molecule is CCN(c1ccc(C=O)c(C)c1)C(C)COC. The Kier molecular flexibility index (Phi) is 5.16. The van der Waals surface area contributed by atoms with Crippen LogP contribution in [0.4, 0.5) is 5.69 Å². The quantitative estimate of drug-likeness (QED) is 0.710. The van der Waals surface area contributed by atoms with Gasteiger partial charge in [-0.15, -0.1) is 0 Å². The monoisotopic (exact) mass is 235 g/mol. The molecule has 3 nitrogen and oxygen atoms in total. The van der Waals surface area contributed by atoms with Crippen LogP contribution in [0, 0.1) is 6.92 Å². The molecular formula is C14H21NO2. The van der Waals surface area contributed by atoms with Crippen molar-refractivity contribution >= 4 is 12.0 Å². The Morgan fingerprint density at radius 3 is 2.65 bits per heavy atom. The molecule has 0 spiro atoms. The molecule has 0 heterocycles. The summed E-state index contributed by atoms with van der Waals surface area (Å²) in [6, 6.07) is 6.25. The number of carbonyl (C=O) groups is 1. The number of aryl methyl sites for hydroxylation is 1. The van der Waals surface area contributed by atoms with Gasteiger partial charge in [-0.3, -0.25) is 4.79 Å². The number of anilines is 1. The van der Waals surface area contributed by atoms with Crippen molar-refractivity contribution in [3.63, 3.8) is 0 Å². The molecule has 0 aromatic heterocycles. The Bertz CT molecular complexity index is 376. The second-order valence-corrected chi connectivity index (χ2v) is 4.25. The van der Waals surface area contributed by atoms with E-state index in [1.807, 2.05) is 19.1 Å². The Morgan fingerprint density at radius 2 is 2.18 bits per heavy atom. The second-order valence-electron chi connectivity index (χ2n) is 4.25. The van der Waals surface area contributed by atoms with Crippen LogP contribution in [0.3, 0.4) is 0 Å². The lowest BCUT2D eigenvalue weighted by Gasteiger charge is -2.30. The molecule has 1 unspecified atom stereocenters. The third kappa shape index (κ3) is 3.30. The molecule has 1 aromatic rings. The van der Waals surface area contributed by atoms with Crippen molar-refractivity contribution < 1.29 is 9.53 Å². The second kappa shape index (κ2) is 6.40. The van der Waals surface area contributed by atoms with E-state index >= 15 is 0 Å². The maximum Gasteiger partial charge on any atom is 0.150 e. The largest absolute Gasteiger partial charge is 0.383 e. The first-order valence-electron chi connectivity index (χ1n) is 5.95. The molecule has 0 aliphatic rings. The summed E-state index contributed by atoms with van der Waals surface area (Å²) in [6.07, 6.45) is 0.897. The minimum atomic E-state index is 0.325. The highest BCUT2D eigenvalue weighted by molar-refractivity contribution is 5.78. The number of methoxy groups -OCH3 is 1. The Hall–Kier alpha value is -1.35. The summed E-state index contributed by atoms with van der Waals surface area (Å²) in [7, 11) is 1.71. The first-order valence-corrected chi connectivity index (χ1v) is 5.95. The first-order chi connectivity index (χ1) is 8.13. The van der Waals surface area contributed by atoms with E-state index in [0.29, 0.717) is 12.6 Å². The van der Waals surface area contributed by atoms with Gasteiger partial charge in [0.2, 0.25) is 0 Å². The van der Waals surface area contributed by atoms with Crippen molar-refractivity contribution in [2.24, 2.45) is 0 Å². The number of nitrogens with zero attached hydrogens (tertiary/aromatic N) is 1. The van der Waals surface area contributed by atoms with Gasteiger partial charge in [-0.25, -0.2) is 0 Å². The average Bonchev–Trinajstić information content (AvgIpc) is 2.30. The number of carbonyl (C=O) groups excluding carboxylic acids is 1. The lowest BCUT2D eigenvalue weighted by atomic mass is 10.1. The van der Waals surface area contributed by atoms with Gasteiger partial charge in [-0.2, -0.15) is 0 Å². The molecule has 1 rings (SSSR count). The molecule has 0 fully saturated rings. The van der Waals surface area contributed by atoms with E-state index in [-0.39, 0.29) is 0 Å². The molecule has 0 radical (unpaired) electrons. The number of rotatable bonds is 6. The molecule has 0 saturated heterocycles. The standard InChI is InChI=1S/C14H21NO2/c1-5-15(12(3)10-17-4)14-7-6-13(9-16)11(2)8-14/h6-9,12H,5,10H2,1-4H3. The van der Waals surface area contributed by atoms with Gasteiger partial charge in [-0.1, -0.05) is 0 Å². The summed E-state index contributed by atoms with van der Waals surface area (Å²) in [5, 5.41) is 0. The maximum atomic E-state index is 10.8. The highest BCUT2D eigenvalue weighted by atomic mass is 16.5. The van der Waals surface area contributed by atoms with Gasteiger partial charge in [-0.05, 0) is 44.5 Å². The predicted octanol–water partition coefficient (Wildman–Crippen LogP) is 2.67. The topological polar surface area (TPSA) is 29.5 Å². The van der Waals surface area contributed by atoms with Crippen molar-refractivity contribution in [1.82, 2.24) is 0 Å². The molecule has 0 amide bonds. The van der Waals surface area contributed by atoms with Crippen LogP contribution in [0.1, 0.15) is 29.8 Å². The molecule has 0 aliphatic carbocycles. The van der Waals surface area contributed by atoms with Crippen LogP contribution in [0.25, 0.3) is 0 Å². The zero-order valence-electron chi connectivity index (χ0n) is 11.1. The minimum Gasteiger partial charge on any atom is -0.383 e. The van der Waals surface area contributed by atoms with E-state index in [1.54, 1.807) is 7.11 Å². The van der Waals surface area contributed by atoms with Gasteiger partial charge in [0.05, 0.1) is 6.61 Å². The summed E-state index contributed by atoms with van der Waals surface area (Å²) in [6.45, 7) is 7.83. The van der Waals surface area contributed by atoms with Gasteiger partial charge in [0.15, 0.2) is 0 Å². The fraction of sp³-hybridized carbons (Fsp3) is 0.500. The zero-order valence-corrected chi connectivity index (χ0v) is 11.1. The number of aldehydes is 1. The summed E-state index contributed by atoms with van der Waals surface area (Å²) < 4.78 is 5.19. The number of ether oxygens (including phenoxy) is 1. The maximum absolute atomic E-state index is 10.8. The lowest BCUT2D eigenvalue weighted by Crippen LogP contribution is -2.36. The zero-order chi connectivity index (χ0) is 12.8. The van der Waals surface area contributed by atoms with Crippen molar-refractivity contribution in [2.45, 2.75) is 26.8 Å². The number of likely N-dealkylation sites (N-methyl/N-ethyl adjacent to an activating group) is 1. The van der Waals surface area contributed by atoms with E-state index in [1.165, 1.54) is 0 Å². The number of hydrogen-bond acceptors (Lipinski definition) is 3. The molecule has 3 heteroatoms. The third-order valence-electron chi connectivity index (χ3n) is 2.99. The Labute approximate surface area is 103 Å². The van der Waals surface area contributed by atoms with Crippen LogP contribution in [0.15, 0.2) is 18.2 Å². The fourth-order valence-electron chi connectivity index (χ4n) is 2.05. The van der Waals surface area contributed by atoms with Crippen molar-refractivity contribution in [1.29, 1.82) is 0 Å². The molecule has 0 aliphatic heterocycles. The van der Waals surface area contributed by atoms with Crippen LogP contribution >= 0.6 is 0 Å². The van der Waals surface area contributed by atoms with Gasteiger partial charge in [0.25, 0.3) is 0 Å². The summed E-state index contributed by atoms with van der Waals surface area (Å²) in [4.78, 5) is 13.0. The van der Waals surface area contributed by atoms with Crippen LogP contribution in [0.2, 0.25) is 0 Å². The molecule has 1 aromatic carbocycles. The predicted molar refractivity (Wildman–Crippen MR) is 70.9 cm³/mol. The van der Waals surface area contributed by atoms with E-state index in [9.17, 15) is 4.79 Å². The first kappa shape index (κ1) is 13.7. The Balaban J connectivity index is 2.96. The van der Waals surface area contributed by atoms with E-state index in [4.69, 9.17) is 4.74 Å². The van der Waals surface area contributed by atoms with Crippen LogP contribution < -0.4 is 4.90 Å². The van der Waals surface area contributed by atoms with Gasteiger partial charge < -0.3 is 9.64 Å². The smallest absolute Gasteiger partial charge is 0.150 e. The minimum absolute atomic E-state index is 0.325. The van der Waals surface area contributed by atoms with Gasteiger partial charge >= 0.3 is 0 Å². The molecule has 0 N–H and O–H groups in total. The summed E-state index contributed by atoms with van der Waals surface area (Å²) in [5.74, 6) is 0. The van der Waals surface area contributed by atoms with Crippen molar-refractivity contribution in [3.05, 3.63) is 29.3 Å². The summed E-state index contributed by atoms with van der Waals surface area (Å²) >= 11 is 0. The van der Waals surface area contributed by atoms with Gasteiger partial charge in [0.1, 0.15) is 6.29 Å². The van der Waals surface area contributed by atoms with E-state index in [2.05, 4.69) is 24.8 Å². The average molecular weight is 235 g/mol. The molecule has 94 valence electrons. The summed E-state index contributed by atoms with van der Waals surface area (Å²) in [5.41, 5.74) is 2.91. The molecular weight excluding hydrogens is 214 g/mol. The van der Waals surface area contributed by atoms with Crippen molar-refractivity contribution in [2.75, 3.05) is 25.2 Å². The normalized spacial score (nSPS) is 12.2. The van der Waals surface area contributed by atoms with E-state index < -0.39 is 0 Å². The molecule has 17 heavy (non-hydrogen) atoms. The third-order valence-corrected chi connectivity index (χ3v) is 2.99. The van der Waals surface area contributed by atoms with Crippen LogP contribution in [-0.4, -0.2) is 32.6 Å².